The summed E-state index contributed by atoms with van der Waals surface area (Å²) in [5.74, 6) is 0.717. The molecule has 0 aromatic carbocycles. The van der Waals surface area contributed by atoms with Crippen LogP contribution < -0.4 is 0 Å². The van der Waals surface area contributed by atoms with E-state index in [2.05, 4.69) is 13.8 Å². The van der Waals surface area contributed by atoms with Gasteiger partial charge in [0.2, 0.25) is 0 Å². The van der Waals surface area contributed by atoms with E-state index in [1.165, 1.54) is 103 Å². The molecule has 1 atom stereocenters. The Kier molecular flexibility index (Phi) is 23.8. The largest absolute Gasteiger partial charge is 0.394 e. The van der Waals surface area contributed by atoms with E-state index in [0.29, 0.717) is 25.7 Å². The lowest BCUT2D eigenvalue weighted by Gasteiger charge is -2.17. The van der Waals surface area contributed by atoms with Gasteiger partial charge in [0.1, 0.15) is 0 Å². The average molecular weight is 387 g/mol. The second-order valence-corrected chi connectivity index (χ2v) is 8.10. The molecule has 0 aliphatic rings. The predicted molar refractivity (Wildman–Crippen MR) is 117 cm³/mol. The lowest BCUT2D eigenvalue weighted by molar-refractivity contribution is 0.0195. The molecule has 3 nitrogen and oxygen atoms in total. The number of hydrogen-bond acceptors (Lipinski definition) is 3. The van der Waals surface area contributed by atoms with Crippen molar-refractivity contribution in [3.63, 3.8) is 0 Å². The molecule has 0 fully saturated rings. The van der Waals surface area contributed by atoms with Crippen molar-refractivity contribution < 1.29 is 14.6 Å². The van der Waals surface area contributed by atoms with Crippen molar-refractivity contribution in [2.45, 2.75) is 117 Å². The van der Waals surface area contributed by atoms with Gasteiger partial charge in [0, 0.05) is 6.61 Å². The summed E-state index contributed by atoms with van der Waals surface area (Å²) in [6, 6.07) is 0. The van der Waals surface area contributed by atoms with Gasteiger partial charge in [0.05, 0.1) is 26.4 Å². The molecule has 0 rings (SSSR count). The van der Waals surface area contributed by atoms with Gasteiger partial charge >= 0.3 is 0 Å². The van der Waals surface area contributed by atoms with E-state index in [9.17, 15) is 0 Å². The number of aliphatic hydroxyl groups is 1. The van der Waals surface area contributed by atoms with Crippen molar-refractivity contribution >= 4 is 0 Å². The van der Waals surface area contributed by atoms with Crippen LogP contribution in [0.3, 0.4) is 0 Å². The van der Waals surface area contributed by atoms with Crippen molar-refractivity contribution in [1.29, 1.82) is 0 Å². The Labute approximate surface area is 170 Å². The van der Waals surface area contributed by atoms with Crippen molar-refractivity contribution in [3.8, 4) is 0 Å². The fourth-order valence-electron chi connectivity index (χ4n) is 3.63. The minimum Gasteiger partial charge on any atom is -0.394 e. The molecule has 0 aliphatic heterocycles. The van der Waals surface area contributed by atoms with Gasteiger partial charge in [-0.2, -0.15) is 0 Å². The van der Waals surface area contributed by atoms with Gasteiger partial charge in [0.15, 0.2) is 0 Å². The third-order valence-electron chi connectivity index (χ3n) is 5.39. The van der Waals surface area contributed by atoms with E-state index in [0.717, 1.165) is 6.61 Å². The van der Waals surface area contributed by atoms with Crippen molar-refractivity contribution in [2.24, 2.45) is 5.92 Å². The second kappa shape index (κ2) is 23.9. The summed E-state index contributed by atoms with van der Waals surface area (Å²) >= 11 is 0. The molecule has 0 spiro atoms. The first kappa shape index (κ1) is 26.9. The smallest absolute Gasteiger partial charge is 0.0701 e. The first-order valence-corrected chi connectivity index (χ1v) is 12.1. The third-order valence-corrected chi connectivity index (χ3v) is 5.39. The molecular weight excluding hydrogens is 336 g/mol. The Morgan fingerprint density at radius 3 is 1.48 bits per heavy atom. The minimum absolute atomic E-state index is 0.0963. The zero-order chi connectivity index (χ0) is 19.8. The van der Waals surface area contributed by atoms with Crippen LogP contribution in [-0.4, -0.2) is 38.1 Å². The topological polar surface area (TPSA) is 38.7 Å². The maximum Gasteiger partial charge on any atom is 0.0701 e. The van der Waals surface area contributed by atoms with Gasteiger partial charge in [-0.15, -0.1) is 0 Å². The monoisotopic (exact) mass is 386 g/mol. The van der Waals surface area contributed by atoms with Crippen LogP contribution in [0.5, 0.6) is 0 Å². The first-order chi connectivity index (χ1) is 13.3. The molecule has 0 aromatic heterocycles. The van der Waals surface area contributed by atoms with Crippen LogP contribution in [0.2, 0.25) is 0 Å². The zero-order valence-corrected chi connectivity index (χ0v) is 18.7. The van der Waals surface area contributed by atoms with Gasteiger partial charge in [-0.1, -0.05) is 104 Å². The highest BCUT2D eigenvalue weighted by Gasteiger charge is 2.09. The van der Waals surface area contributed by atoms with Crippen LogP contribution in [0.25, 0.3) is 0 Å². The fraction of sp³-hybridized carbons (Fsp3) is 1.00. The molecule has 3 heteroatoms. The van der Waals surface area contributed by atoms with Crippen LogP contribution in [-0.2, 0) is 9.47 Å². The summed E-state index contributed by atoms with van der Waals surface area (Å²) in [6.07, 6.45) is 22.0. The normalized spacial score (nSPS) is 12.6. The van der Waals surface area contributed by atoms with E-state index in [4.69, 9.17) is 14.6 Å². The maximum atomic E-state index is 8.72. The molecule has 0 aliphatic carbocycles. The van der Waals surface area contributed by atoms with E-state index in [1.807, 2.05) is 0 Å². The van der Waals surface area contributed by atoms with Crippen LogP contribution in [0.4, 0.5) is 0 Å². The summed E-state index contributed by atoms with van der Waals surface area (Å²) < 4.78 is 11.1. The molecule has 0 radical (unpaired) electrons. The van der Waals surface area contributed by atoms with Crippen molar-refractivity contribution in [2.75, 3.05) is 33.0 Å². The molecule has 0 saturated carbocycles. The van der Waals surface area contributed by atoms with E-state index < -0.39 is 0 Å². The molecule has 0 heterocycles. The molecule has 1 N–H and O–H groups in total. The molecule has 1 unspecified atom stereocenters. The Hall–Kier alpha value is -0.120. The fourth-order valence-corrected chi connectivity index (χ4v) is 3.63. The lowest BCUT2D eigenvalue weighted by Crippen LogP contribution is -2.14. The van der Waals surface area contributed by atoms with E-state index in [1.54, 1.807) is 0 Å². The third kappa shape index (κ3) is 22.0. The Balaban J connectivity index is 3.77. The number of ether oxygens (including phenoxy) is 2. The van der Waals surface area contributed by atoms with Gasteiger partial charge < -0.3 is 14.6 Å². The average Bonchev–Trinajstić information content (AvgIpc) is 2.68. The molecule has 0 aromatic rings. The predicted octanol–water partition coefficient (Wildman–Crippen LogP) is 6.91. The van der Waals surface area contributed by atoms with E-state index >= 15 is 0 Å². The summed E-state index contributed by atoms with van der Waals surface area (Å²) in [5.41, 5.74) is 0. The van der Waals surface area contributed by atoms with E-state index in [-0.39, 0.29) is 6.61 Å². The quantitative estimate of drug-likeness (QED) is 0.194. The summed E-state index contributed by atoms with van der Waals surface area (Å²) in [6.45, 7) is 7.22. The van der Waals surface area contributed by atoms with Crippen LogP contribution >= 0.6 is 0 Å². The number of hydrogen-bond donors (Lipinski definition) is 1. The SMILES string of the molecule is CCCCCCCCCCC(CCCCCCCC)COCCOCCO. The first-order valence-electron chi connectivity index (χ1n) is 12.1. The molecule has 0 saturated heterocycles. The summed E-state index contributed by atoms with van der Waals surface area (Å²) in [7, 11) is 0. The molecule has 27 heavy (non-hydrogen) atoms. The highest BCUT2D eigenvalue weighted by Crippen LogP contribution is 2.20. The molecule has 0 amide bonds. The number of rotatable bonds is 23. The lowest BCUT2D eigenvalue weighted by atomic mass is 9.94. The standard InChI is InChI=1S/C24H50O3/c1-3-5-7-9-11-12-14-16-18-24(17-15-13-10-8-6-4-2)23-27-22-21-26-20-19-25/h24-25H,3-23H2,1-2H3. The Morgan fingerprint density at radius 1 is 0.556 bits per heavy atom. The summed E-state index contributed by atoms with van der Waals surface area (Å²) in [5, 5.41) is 8.72. The van der Waals surface area contributed by atoms with Gasteiger partial charge in [-0.05, 0) is 18.8 Å². The van der Waals surface area contributed by atoms with Crippen molar-refractivity contribution in [3.05, 3.63) is 0 Å². The van der Waals surface area contributed by atoms with Crippen LogP contribution in [0, 0.1) is 5.92 Å². The van der Waals surface area contributed by atoms with Crippen LogP contribution in [0.15, 0.2) is 0 Å². The van der Waals surface area contributed by atoms with Gasteiger partial charge in [-0.25, -0.2) is 0 Å². The number of aliphatic hydroxyl groups excluding tert-OH is 1. The molecule has 0 bridgehead atoms. The molecular formula is C24H50O3. The highest BCUT2D eigenvalue weighted by molar-refractivity contribution is 4.61. The Morgan fingerprint density at radius 2 is 1.00 bits per heavy atom. The maximum absolute atomic E-state index is 8.72. The highest BCUT2D eigenvalue weighted by atomic mass is 16.5. The van der Waals surface area contributed by atoms with Crippen molar-refractivity contribution in [1.82, 2.24) is 0 Å². The molecule has 164 valence electrons. The second-order valence-electron chi connectivity index (χ2n) is 8.10. The number of unbranched alkanes of at least 4 members (excludes halogenated alkanes) is 12. The van der Waals surface area contributed by atoms with Gasteiger partial charge in [-0.3, -0.25) is 0 Å². The minimum atomic E-state index is 0.0963. The summed E-state index contributed by atoms with van der Waals surface area (Å²) in [4.78, 5) is 0. The van der Waals surface area contributed by atoms with Crippen LogP contribution in [0.1, 0.15) is 117 Å². The Bertz CT molecular complexity index is 242. The zero-order valence-electron chi connectivity index (χ0n) is 18.7. The van der Waals surface area contributed by atoms with Gasteiger partial charge in [0.25, 0.3) is 0 Å².